The number of nitrogens with one attached hydrogen (secondary N) is 1. The van der Waals surface area contributed by atoms with Crippen LogP contribution in [0.2, 0.25) is 0 Å². The van der Waals surface area contributed by atoms with E-state index >= 15 is 0 Å². The van der Waals surface area contributed by atoms with Gasteiger partial charge in [0.1, 0.15) is 5.75 Å². The number of thioether (sulfide) groups is 1. The number of hydrogen-bond donors (Lipinski definition) is 1. The van der Waals surface area contributed by atoms with E-state index in [1.165, 1.54) is 23.5 Å². The van der Waals surface area contributed by atoms with Gasteiger partial charge in [-0.1, -0.05) is 6.92 Å². The molecule has 0 aliphatic carbocycles. The van der Waals surface area contributed by atoms with Gasteiger partial charge >= 0.3 is 0 Å². The summed E-state index contributed by atoms with van der Waals surface area (Å²) >= 11 is 2.05. The van der Waals surface area contributed by atoms with E-state index in [1.807, 2.05) is 18.0 Å². The quantitative estimate of drug-likeness (QED) is 0.873. The zero-order valence-electron chi connectivity index (χ0n) is 10.5. The standard InChI is InChI=1S/C13H20N2OS/c1-3-15-13(10-4-5-17-9-10)11-6-12(16-2)8-14-7-11/h6-8,10,13,15H,3-5,9H2,1-2H3. The van der Waals surface area contributed by atoms with Crippen LogP contribution in [0.3, 0.4) is 0 Å². The lowest BCUT2D eigenvalue weighted by Gasteiger charge is -2.24. The number of hydrogen-bond acceptors (Lipinski definition) is 4. The van der Waals surface area contributed by atoms with Gasteiger partial charge in [0.2, 0.25) is 0 Å². The molecule has 1 aromatic rings. The fourth-order valence-corrected chi connectivity index (χ4v) is 3.61. The van der Waals surface area contributed by atoms with E-state index in [9.17, 15) is 0 Å². The first-order chi connectivity index (χ1) is 8.35. The second-order valence-electron chi connectivity index (χ2n) is 4.32. The zero-order chi connectivity index (χ0) is 12.1. The van der Waals surface area contributed by atoms with E-state index in [4.69, 9.17) is 4.74 Å². The second-order valence-corrected chi connectivity index (χ2v) is 5.47. The molecule has 2 atom stereocenters. The first-order valence-electron chi connectivity index (χ1n) is 6.15. The van der Waals surface area contributed by atoms with Gasteiger partial charge in [-0.15, -0.1) is 0 Å². The van der Waals surface area contributed by atoms with Crippen LogP contribution in [0.5, 0.6) is 5.75 Å². The molecule has 2 rings (SSSR count). The highest BCUT2D eigenvalue weighted by Gasteiger charge is 2.26. The van der Waals surface area contributed by atoms with Gasteiger partial charge in [-0.2, -0.15) is 11.8 Å². The summed E-state index contributed by atoms with van der Waals surface area (Å²) in [4.78, 5) is 4.26. The normalized spacial score (nSPS) is 21.4. The Morgan fingerprint density at radius 2 is 2.47 bits per heavy atom. The smallest absolute Gasteiger partial charge is 0.137 e. The Labute approximate surface area is 107 Å². The molecule has 0 amide bonds. The summed E-state index contributed by atoms with van der Waals surface area (Å²) in [7, 11) is 1.69. The van der Waals surface area contributed by atoms with Crippen LogP contribution in [0.15, 0.2) is 18.5 Å². The minimum Gasteiger partial charge on any atom is -0.495 e. The van der Waals surface area contributed by atoms with Crippen molar-refractivity contribution in [3.8, 4) is 5.75 Å². The molecule has 94 valence electrons. The Balaban J connectivity index is 2.18. The van der Waals surface area contributed by atoms with Crippen molar-refractivity contribution in [1.29, 1.82) is 0 Å². The maximum atomic E-state index is 5.25. The first kappa shape index (κ1) is 12.7. The molecule has 1 aliphatic rings. The van der Waals surface area contributed by atoms with E-state index in [2.05, 4.69) is 23.3 Å². The Kier molecular flexibility index (Phi) is 4.68. The molecule has 0 bridgehead atoms. The Morgan fingerprint density at radius 3 is 3.12 bits per heavy atom. The van der Waals surface area contributed by atoms with Crippen molar-refractivity contribution in [2.24, 2.45) is 5.92 Å². The van der Waals surface area contributed by atoms with E-state index in [-0.39, 0.29) is 0 Å². The van der Waals surface area contributed by atoms with Gasteiger partial charge in [-0.25, -0.2) is 0 Å². The molecule has 0 radical (unpaired) electrons. The molecular formula is C13H20N2OS. The van der Waals surface area contributed by atoms with E-state index < -0.39 is 0 Å². The van der Waals surface area contributed by atoms with Crippen LogP contribution in [-0.4, -0.2) is 30.1 Å². The Bertz CT molecular complexity index is 353. The lowest BCUT2D eigenvalue weighted by Crippen LogP contribution is -2.28. The van der Waals surface area contributed by atoms with E-state index in [1.54, 1.807) is 13.3 Å². The molecule has 1 aromatic heterocycles. The SMILES string of the molecule is CCNC(c1cncc(OC)c1)C1CCSC1. The summed E-state index contributed by atoms with van der Waals surface area (Å²) < 4.78 is 5.25. The first-order valence-corrected chi connectivity index (χ1v) is 7.30. The summed E-state index contributed by atoms with van der Waals surface area (Å²) in [5, 5.41) is 3.58. The number of nitrogens with zero attached hydrogens (tertiary/aromatic N) is 1. The van der Waals surface area contributed by atoms with Crippen LogP contribution < -0.4 is 10.1 Å². The monoisotopic (exact) mass is 252 g/mol. The van der Waals surface area contributed by atoms with E-state index in [0.29, 0.717) is 12.0 Å². The number of methoxy groups -OCH3 is 1. The maximum absolute atomic E-state index is 5.25. The topological polar surface area (TPSA) is 34.2 Å². The van der Waals surface area contributed by atoms with Crippen LogP contribution >= 0.6 is 11.8 Å². The molecule has 4 heteroatoms. The average molecular weight is 252 g/mol. The molecule has 0 saturated carbocycles. The van der Waals surface area contributed by atoms with Crippen LogP contribution in [0.4, 0.5) is 0 Å². The zero-order valence-corrected chi connectivity index (χ0v) is 11.3. The molecule has 2 heterocycles. The summed E-state index contributed by atoms with van der Waals surface area (Å²) in [6, 6.07) is 2.51. The molecule has 3 nitrogen and oxygen atoms in total. The molecule has 1 N–H and O–H groups in total. The van der Waals surface area contributed by atoms with Gasteiger partial charge in [0.15, 0.2) is 0 Å². The van der Waals surface area contributed by atoms with Gasteiger partial charge in [0.05, 0.1) is 13.3 Å². The van der Waals surface area contributed by atoms with Crippen LogP contribution in [0.1, 0.15) is 24.9 Å². The summed E-state index contributed by atoms with van der Waals surface area (Å²) in [5.74, 6) is 4.09. The predicted octanol–water partition coefficient (Wildman–Crippen LogP) is 2.49. The number of ether oxygens (including phenoxy) is 1. The third-order valence-corrected chi connectivity index (χ3v) is 4.38. The van der Waals surface area contributed by atoms with Gasteiger partial charge in [0, 0.05) is 12.2 Å². The number of pyridine rings is 1. The molecule has 17 heavy (non-hydrogen) atoms. The van der Waals surface area contributed by atoms with Gasteiger partial charge in [0.25, 0.3) is 0 Å². The minimum atomic E-state index is 0.414. The fourth-order valence-electron chi connectivity index (χ4n) is 2.31. The fraction of sp³-hybridized carbons (Fsp3) is 0.615. The third-order valence-electron chi connectivity index (χ3n) is 3.19. The van der Waals surface area contributed by atoms with Crippen molar-refractivity contribution >= 4 is 11.8 Å². The third kappa shape index (κ3) is 3.13. The Hall–Kier alpha value is -0.740. The summed E-state index contributed by atoms with van der Waals surface area (Å²) in [6.07, 6.45) is 5.01. The summed E-state index contributed by atoms with van der Waals surface area (Å²) in [5.41, 5.74) is 1.25. The van der Waals surface area contributed by atoms with Crippen molar-refractivity contribution in [1.82, 2.24) is 10.3 Å². The lowest BCUT2D eigenvalue weighted by molar-refractivity contribution is 0.390. The highest BCUT2D eigenvalue weighted by Crippen LogP contribution is 2.34. The maximum Gasteiger partial charge on any atom is 0.137 e. The molecule has 1 fully saturated rings. The molecular weight excluding hydrogens is 232 g/mol. The molecule has 0 aromatic carbocycles. The average Bonchev–Trinajstić information content (AvgIpc) is 2.89. The van der Waals surface area contributed by atoms with Crippen LogP contribution in [-0.2, 0) is 0 Å². The Morgan fingerprint density at radius 1 is 1.59 bits per heavy atom. The van der Waals surface area contributed by atoms with Crippen molar-refractivity contribution < 1.29 is 4.74 Å². The predicted molar refractivity (Wildman–Crippen MR) is 72.6 cm³/mol. The molecule has 1 aliphatic heterocycles. The molecule has 0 spiro atoms. The largest absolute Gasteiger partial charge is 0.495 e. The van der Waals surface area contributed by atoms with Crippen LogP contribution in [0, 0.1) is 5.92 Å². The van der Waals surface area contributed by atoms with Crippen molar-refractivity contribution in [2.45, 2.75) is 19.4 Å². The van der Waals surface area contributed by atoms with Gasteiger partial charge < -0.3 is 10.1 Å². The van der Waals surface area contributed by atoms with Crippen molar-refractivity contribution in [3.05, 3.63) is 24.0 Å². The van der Waals surface area contributed by atoms with Crippen molar-refractivity contribution in [2.75, 3.05) is 25.2 Å². The molecule has 1 saturated heterocycles. The lowest BCUT2D eigenvalue weighted by atomic mass is 9.93. The summed E-state index contributed by atoms with van der Waals surface area (Å²) in [6.45, 7) is 3.14. The highest BCUT2D eigenvalue weighted by molar-refractivity contribution is 7.99. The minimum absolute atomic E-state index is 0.414. The molecule has 2 unspecified atom stereocenters. The van der Waals surface area contributed by atoms with Gasteiger partial charge in [-0.05, 0) is 42.0 Å². The number of aromatic nitrogens is 1. The highest BCUT2D eigenvalue weighted by atomic mass is 32.2. The van der Waals surface area contributed by atoms with Crippen LogP contribution in [0.25, 0.3) is 0 Å². The van der Waals surface area contributed by atoms with E-state index in [0.717, 1.165) is 12.3 Å². The van der Waals surface area contributed by atoms with Gasteiger partial charge in [-0.3, -0.25) is 4.98 Å². The number of rotatable bonds is 5. The second kappa shape index (κ2) is 6.26. The van der Waals surface area contributed by atoms with Crippen molar-refractivity contribution in [3.63, 3.8) is 0 Å².